The summed E-state index contributed by atoms with van der Waals surface area (Å²) in [6.07, 6.45) is 7.62. The molecule has 0 bridgehead atoms. The topological polar surface area (TPSA) is 40.5 Å². The summed E-state index contributed by atoms with van der Waals surface area (Å²) in [4.78, 5) is 13.0. The van der Waals surface area contributed by atoms with Gasteiger partial charge in [0.15, 0.2) is 0 Å². The summed E-state index contributed by atoms with van der Waals surface area (Å²) >= 11 is 0. The summed E-state index contributed by atoms with van der Waals surface area (Å²) < 4.78 is 14.3. The molecule has 0 radical (unpaired) electrons. The Bertz CT molecular complexity index is 624. The molecule has 0 N–H and O–H groups in total. The standard InChI is InChI=1S/C21H36BNO3/c1-9-10-11-12-13-16-14-15-23(18(24)19(2,3)4)17(16)22-25-20(5,6)21(7,8)26-22/h14-15H,9-13H2,1-8H3. The monoisotopic (exact) mass is 361 g/mol. The Labute approximate surface area is 159 Å². The molecule has 1 aromatic rings. The molecule has 26 heavy (non-hydrogen) atoms. The van der Waals surface area contributed by atoms with Crippen LogP contribution in [0, 0.1) is 5.41 Å². The zero-order valence-electron chi connectivity index (χ0n) is 17.9. The highest BCUT2D eigenvalue weighted by atomic mass is 16.7. The molecule has 2 rings (SSSR count). The number of aromatic nitrogens is 1. The zero-order chi connectivity index (χ0) is 19.8. The van der Waals surface area contributed by atoms with Gasteiger partial charge < -0.3 is 9.31 Å². The van der Waals surface area contributed by atoms with Crippen molar-refractivity contribution in [3.05, 3.63) is 17.8 Å². The van der Waals surface area contributed by atoms with Crippen molar-refractivity contribution in [2.45, 2.75) is 98.7 Å². The molecule has 0 amide bonds. The van der Waals surface area contributed by atoms with Gasteiger partial charge in [-0.1, -0.05) is 47.0 Å². The molecule has 0 atom stereocenters. The number of nitrogens with zero attached hydrogens (tertiary/aromatic N) is 1. The maximum absolute atomic E-state index is 13.0. The van der Waals surface area contributed by atoms with Gasteiger partial charge in [0.1, 0.15) is 0 Å². The minimum absolute atomic E-state index is 0.0713. The fraction of sp³-hybridized carbons (Fsp3) is 0.762. The first kappa shape index (κ1) is 21.2. The van der Waals surface area contributed by atoms with Gasteiger partial charge in [0.2, 0.25) is 5.91 Å². The minimum Gasteiger partial charge on any atom is -0.398 e. The van der Waals surface area contributed by atoms with Crippen molar-refractivity contribution < 1.29 is 14.1 Å². The molecular formula is C21H36BNO3. The summed E-state index contributed by atoms with van der Waals surface area (Å²) in [5, 5.41) is 0. The molecule has 1 fully saturated rings. The van der Waals surface area contributed by atoms with Crippen molar-refractivity contribution in [1.29, 1.82) is 0 Å². The number of unbranched alkanes of at least 4 members (excludes halogenated alkanes) is 3. The molecule has 5 heteroatoms. The van der Waals surface area contributed by atoms with Crippen molar-refractivity contribution in [3.8, 4) is 0 Å². The normalized spacial score (nSPS) is 19.2. The molecule has 4 nitrogen and oxygen atoms in total. The van der Waals surface area contributed by atoms with Gasteiger partial charge in [-0.3, -0.25) is 9.36 Å². The maximum Gasteiger partial charge on any atom is 0.513 e. The van der Waals surface area contributed by atoms with Crippen LogP contribution in [0.2, 0.25) is 0 Å². The van der Waals surface area contributed by atoms with E-state index in [1.165, 1.54) is 19.3 Å². The molecule has 0 aromatic carbocycles. The van der Waals surface area contributed by atoms with Gasteiger partial charge >= 0.3 is 7.12 Å². The second-order valence-electron chi connectivity index (χ2n) is 9.55. The Morgan fingerprint density at radius 3 is 2.15 bits per heavy atom. The van der Waals surface area contributed by atoms with E-state index in [1.807, 2.05) is 54.7 Å². The summed E-state index contributed by atoms with van der Waals surface area (Å²) in [6.45, 7) is 16.3. The molecule has 1 aromatic heterocycles. The van der Waals surface area contributed by atoms with E-state index in [1.54, 1.807) is 4.57 Å². The lowest BCUT2D eigenvalue weighted by Crippen LogP contribution is -2.45. The molecular weight excluding hydrogens is 325 g/mol. The van der Waals surface area contributed by atoms with Gasteiger partial charge in [-0.25, -0.2) is 0 Å². The van der Waals surface area contributed by atoms with Gasteiger partial charge in [-0.15, -0.1) is 0 Å². The van der Waals surface area contributed by atoms with Crippen molar-refractivity contribution in [2.24, 2.45) is 5.41 Å². The quantitative estimate of drug-likeness (QED) is 0.549. The highest BCUT2D eigenvalue weighted by Crippen LogP contribution is 2.37. The molecule has 1 saturated heterocycles. The predicted octanol–water partition coefficient (Wildman–Crippen LogP) is 4.60. The van der Waals surface area contributed by atoms with Crippen LogP contribution in [0.25, 0.3) is 0 Å². The number of rotatable bonds is 6. The van der Waals surface area contributed by atoms with Crippen LogP contribution >= 0.6 is 0 Å². The van der Waals surface area contributed by atoms with E-state index >= 15 is 0 Å². The Kier molecular flexibility index (Phi) is 6.14. The molecule has 1 aliphatic rings. The molecule has 2 heterocycles. The van der Waals surface area contributed by atoms with Crippen molar-refractivity contribution in [3.63, 3.8) is 0 Å². The predicted molar refractivity (Wildman–Crippen MR) is 108 cm³/mol. The second kappa shape index (κ2) is 7.51. The third kappa shape index (κ3) is 4.25. The second-order valence-corrected chi connectivity index (χ2v) is 9.55. The highest BCUT2D eigenvalue weighted by Gasteiger charge is 2.53. The van der Waals surface area contributed by atoms with Crippen molar-refractivity contribution in [2.75, 3.05) is 0 Å². The number of carbonyl (C=O) groups excluding carboxylic acids is 1. The molecule has 146 valence electrons. The summed E-state index contributed by atoms with van der Waals surface area (Å²) in [6, 6.07) is 2.07. The smallest absolute Gasteiger partial charge is 0.398 e. The Morgan fingerprint density at radius 2 is 1.65 bits per heavy atom. The molecule has 1 aliphatic heterocycles. The SMILES string of the molecule is CCCCCCc1ccn(C(=O)C(C)(C)C)c1B1OC(C)(C)C(C)(C)O1. The van der Waals surface area contributed by atoms with E-state index < -0.39 is 23.7 Å². The lowest BCUT2D eigenvalue weighted by Gasteiger charge is -2.32. The fourth-order valence-corrected chi connectivity index (χ4v) is 3.20. The maximum atomic E-state index is 13.0. The third-order valence-corrected chi connectivity index (χ3v) is 5.65. The lowest BCUT2D eigenvalue weighted by molar-refractivity contribution is 0.00578. The largest absolute Gasteiger partial charge is 0.513 e. The van der Waals surface area contributed by atoms with Crippen molar-refractivity contribution >= 4 is 18.6 Å². The van der Waals surface area contributed by atoms with E-state index in [0.29, 0.717) is 0 Å². The summed E-state index contributed by atoms with van der Waals surface area (Å²) in [5.41, 5.74) is 0.738. The first-order chi connectivity index (χ1) is 11.9. The van der Waals surface area contributed by atoms with E-state index in [0.717, 1.165) is 24.0 Å². The van der Waals surface area contributed by atoms with E-state index in [9.17, 15) is 4.79 Å². The zero-order valence-corrected chi connectivity index (χ0v) is 17.9. The highest BCUT2D eigenvalue weighted by molar-refractivity contribution is 6.62. The molecule has 0 spiro atoms. The van der Waals surface area contributed by atoms with Crippen LogP contribution in [0.1, 0.15) is 91.4 Å². The van der Waals surface area contributed by atoms with Crippen LogP contribution in [0.3, 0.4) is 0 Å². The summed E-state index contributed by atoms with van der Waals surface area (Å²) in [7, 11) is -0.512. The molecule has 0 unspecified atom stereocenters. The first-order valence-electron chi connectivity index (χ1n) is 10.0. The van der Waals surface area contributed by atoms with Gasteiger partial charge in [0, 0.05) is 11.6 Å². The van der Waals surface area contributed by atoms with Gasteiger partial charge in [0.05, 0.1) is 16.8 Å². The van der Waals surface area contributed by atoms with Crippen LogP contribution in [0.4, 0.5) is 0 Å². The first-order valence-corrected chi connectivity index (χ1v) is 10.0. The average molecular weight is 361 g/mol. The summed E-state index contributed by atoms with van der Waals surface area (Å²) in [5.74, 6) is 0.0713. The van der Waals surface area contributed by atoms with E-state index in [2.05, 4.69) is 13.0 Å². The van der Waals surface area contributed by atoms with Gasteiger partial charge in [-0.2, -0.15) is 0 Å². The molecule has 0 aliphatic carbocycles. The van der Waals surface area contributed by atoms with Gasteiger partial charge in [-0.05, 0) is 52.2 Å². The fourth-order valence-electron chi connectivity index (χ4n) is 3.20. The van der Waals surface area contributed by atoms with Crippen LogP contribution in [-0.4, -0.2) is 28.8 Å². The van der Waals surface area contributed by atoms with Crippen LogP contribution in [0.5, 0.6) is 0 Å². The van der Waals surface area contributed by atoms with Crippen LogP contribution in [-0.2, 0) is 15.7 Å². The van der Waals surface area contributed by atoms with E-state index in [4.69, 9.17) is 9.31 Å². The average Bonchev–Trinajstić information content (AvgIpc) is 3.00. The van der Waals surface area contributed by atoms with Crippen LogP contribution in [0.15, 0.2) is 12.3 Å². The lowest BCUT2D eigenvalue weighted by atomic mass is 9.80. The van der Waals surface area contributed by atoms with Gasteiger partial charge in [0.25, 0.3) is 0 Å². The number of hydrogen-bond acceptors (Lipinski definition) is 3. The Hall–Kier alpha value is -1.07. The number of aryl methyl sites for hydroxylation is 1. The Balaban J connectivity index is 2.37. The van der Waals surface area contributed by atoms with Crippen LogP contribution < -0.4 is 5.59 Å². The van der Waals surface area contributed by atoms with Crippen molar-refractivity contribution in [1.82, 2.24) is 4.57 Å². The molecule has 0 saturated carbocycles. The third-order valence-electron chi connectivity index (χ3n) is 5.65. The van der Waals surface area contributed by atoms with E-state index in [-0.39, 0.29) is 5.91 Å². The minimum atomic E-state index is -0.512. The Morgan fingerprint density at radius 1 is 1.08 bits per heavy atom. The number of hydrogen-bond donors (Lipinski definition) is 0. The number of carbonyl (C=O) groups is 1.